The molecule has 1 unspecified atom stereocenters. The van der Waals surface area contributed by atoms with Gasteiger partial charge < -0.3 is 10.1 Å². The summed E-state index contributed by atoms with van der Waals surface area (Å²) in [6, 6.07) is 0.428. The van der Waals surface area contributed by atoms with Gasteiger partial charge in [0.1, 0.15) is 0 Å². The number of hydrogen-bond acceptors (Lipinski definition) is 4. The van der Waals surface area contributed by atoms with E-state index in [2.05, 4.69) is 38.0 Å². The molecule has 1 N–H and O–H groups in total. The Hall–Kier alpha value is -0.450. The molecular weight excluding hydrogens is 232 g/mol. The highest BCUT2D eigenvalue weighted by atomic mass is 32.1. The van der Waals surface area contributed by atoms with Gasteiger partial charge in [0.15, 0.2) is 0 Å². The van der Waals surface area contributed by atoms with E-state index in [0.717, 1.165) is 19.4 Å². The Balaban J connectivity index is 1.83. The minimum absolute atomic E-state index is 0.0116. The minimum Gasteiger partial charge on any atom is -0.368 e. The molecule has 0 aliphatic carbocycles. The Bertz CT molecular complexity index is 360. The highest BCUT2D eigenvalue weighted by molar-refractivity contribution is 7.09. The monoisotopic (exact) mass is 254 g/mol. The van der Waals surface area contributed by atoms with E-state index in [1.165, 1.54) is 5.01 Å². The molecule has 2 rings (SSSR count). The zero-order valence-electron chi connectivity index (χ0n) is 11.1. The van der Waals surface area contributed by atoms with E-state index >= 15 is 0 Å². The summed E-state index contributed by atoms with van der Waals surface area (Å²) in [5.74, 6) is 0. The lowest BCUT2D eigenvalue weighted by atomic mass is 9.94. The Morgan fingerprint density at radius 3 is 2.76 bits per heavy atom. The van der Waals surface area contributed by atoms with Crippen molar-refractivity contribution in [3.05, 3.63) is 16.6 Å². The number of nitrogens with one attached hydrogen (secondary N) is 1. The molecule has 1 aliphatic rings. The van der Waals surface area contributed by atoms with Crippen LogP contribution in [-0.4, -0.2) is 28.8 Å². The Kier molecular flexibility index (Phi) is 3.57. The van der Waals surface area contributed by atoms with E-state index in [-0.39, 0.29) is 11.2 Å². The van der Waals surface area contributed by atoms with Crippen molar-refractivity contribution in [2.24, 2.45) is 0 Å². The summed E-state index contributed by atoms with van der Waals surface area (Å²) in [5.41, 5.74) is -0.0886. The average molecular weight is 254 g/mol. The van der Waals surface area contributed by atoms with E-state index in [9.17, 15) is 0 Å². The number of nitrogens with zero attached hydrogens (tertiary/aromatic N) is 1. The van der Waals surface area contributed by atoms with Crippen LogP contribution in [0, 0.1) is 0 Å². The third-order valence-corrected chi connectivity index (χ3v) is 4.13. The fourth-order valence-electron chi connectivity index (χ4n) is 2.61. The summed E-state index contributed by atoms with van der Waals surface area (Å²) < 4.78 is 6.06. The molecule has 2 heterocycles. The third-order valence-electron chi connectivity index (χ3n) is 3.29. The van der Waals surface area contributed by atoms with Gasteiger partial charge in [-0.05, 0) is 34.1 Å². The molecule has 1 atom stereocenters. The van der Waals surface area contributed by atoms with Crippen LogP contribution >= 0.6 is 11.3 Å². The first-order valence-corrected chi connectivity index (χ1v) is 7.09. The third kappa shape index (κ3) is 3.27. The summed E-state index contributed by atoms with van der Waals surface area (Å²) in [5, 5.41) is 6.84. The summed E-state index contributed by atoms with van der Waals surface area (Å²) >= 11 is 1.72. The van der Waals surface area contributed by atoms with Crippen LogP contribution in [0.25, 0.3) is 0 Å². The summed E-state index contributed by atoms with van der Waals surface area (Å²) in [6.45, 7) is 9.64. The first-order valence-electron chi connectivity index (χ1n) is 6.21. The van der Waals surface area contributed by atoms with Crippen molar-refractivity contribution in [2.45, 2.75) is 57.8 Å². The number of ether oxygens (including phenoxy) is 1. The van der Waals surface area contributed by atoms with Crippen molar-refractivity contribution in [1.82, 2.24) is 10.3 Å². The molecule has 1 aromatic heterocycles. The van der Waals surface area contributed by atoms with Gasteiger partial charge in [-0.2, -0.15) is 0 Å². The van der Waals surface area contributed by atoms with Crippen molar-refractivity contribution in [3.63, 3.8) is 0 Å². The molecule has 1 aliphatic heterocycles. The lowest BCUT2D eigenvalue weighted by Crippen LogP contribution is -2.44. The molecule has 0 aromatic carbocycles. The molecule has 1 fully saturated rings. The molecule has 0 radical (unpaired) electrons. The number of hydrogen-bond donors (Lipinski definition) is 1. The summed E-state index contributed by atoms with van der Waals surface area (Å²) in [7, 11) is 0. The Morgan fingerprint density at radius 1 is 1.47 bits per heavy atom. The van der Waals surface area contributed by atoms with Crippen LogP contribution in [-0.2, 0) is 11.2 Å². The Labute approximate surface area is 108 Å². The van der Waals surface area contributed by atoms with Crippen LogP contribution < -0.4 is 5.32 Å². The molecule has 1 saturated heterocycles. The maximum absolute atomic E-state index is 6.06. The van der Waals surface area contributed by atoms with Gasteiger partial charge in [-0.15, -0.1) is 11.3 Å². The normalized spacial score (nSPS) is 26.2. The van der Waals surface area contributed by atoms with Crippen molar-refractivity contribution in [1.29, 1.82) is 0 Å². The zero-order chi connectivity index (χ0) is 12.5. The maximum Gasteiger partial charge on any atom is 0.0937 e. The molecule has 4 heteroatoms. The van der Waals surface area contributed by atoms with Gasteiger partial charge >= 0.3 is 0 Å². The van der Waals surface area contributed by atoms with Crippen LogP contribution in [0.3, 0.4) is 0 Å². The van der Waals surface area contributed by atoms with E-state index in [1.807, 2.05) is 11.6 Å². The lowest BCUT2D eigenvalue weighted by Gasteiger charge is -2.27. The van der Waals surface area contributed by atoms with Gasteiger partial charge in [0.05, 0.1) is 16.2 Å². The van der Waals surface area contributed by atoms with E-state index in [0.29, 0.717) is 6.04 Å². The molecule has 1 aromatic rings. The highest BCUT2D eigenvalue weighted by Gasteiger charge is 2.45. The van der Waals surface area contributed by atoms with E-state index < -0.39 is 0 Å². The van der Waals surface area contributed by atoms with Crippen molar-refractivity contribution in [2.75, 3.05) is 6.54 Å². The van der Waals surface area contributed by atoms with Crippen LogP contribution in [0.15, 0.2) is 11.6 Å². The van der Waals surface area contributed by atoms with E-state index in [1.54, 1.807) is 11.3 Å². The van der Waals surface area contributed by atoms with Crippen molar-refractivity contribution in [3.8, 4) is 0 Å². The fourth-order valence-corrected chi connectivity index (χ4v) is 3.23. The maximum atomic E-state index is 6.06. The van der Waals surface area contributed by atoms with Crippen LogP contribution in [0.1, 0.15) is 39.1 Å². The predicted molar refractivity (Wildman–Crippen MR) is 71.5 cm³/mol. The second-order valence-electron chi connectivity index (χ2n) is 5.85. The molecule has 0 spiro atoms. The number of aromatic nitrogens is 1. The smallest absolute Gasteiger partial charge is 0.0937 e. The second-order valence-corrected chi connectivity index (χ2v) is 6.83. The number of rotatable bonds is 4. The minimum atomic E-state index is -0.0770. The van der Waals surface area contributed by atoms with Gasteiger partial charge in [0.2, 0.25) is 0 Å². The first-order chi connectivity index (χ1) is 7.89. The second kappa shape index (κ2) is 4.67. The molecule has 17 heavy (non-hydrogen) atoms. The van der Waals surface area contributed by atoms with Gasteiger partial charge in [-0.25, -0.2) is 4.98 Å². The van der Waals surface area contributed by atoms with Crippen molar-refractivity contribution < 1.29 is 4.74 Å². The van der Waals surface area contributed by atoms with Crippen LogP contribution in [0.5, 0.6) is 0 Å². The molecule has 0 saturated carbocycles. The van der Waals surface area contributed by atoms with Crippen molar-refractivity contribution >= 4 is 11.3 Å². The molecule has 0 amide bonds. The first kappa shape index (κ1) is 13.0. The quantitative estimate of drug-likeness (QED) is 0.897. The predicted octanol–water partition coefficient (Wildman–Crippen LogP) is 2.62. The van der Waals surface area contributed by atoms with E-state index in [4.69, 9.17) is 4.74 Å². The van der Waals surface area contributed by atoms with Crippen LogP contribution in [0.4, 0.5) is 0 Å². The highest BCUT2D eigenvalue weighted by Crippen LogP contribution is 2.37. The summed E-state index contributed by atoms with van der Waals surface area (Å²) in [4.78, 5) is 4.29. The van der Waals surface area contributed by atoms with Gasteiger partial charge in [-0.1, -0.05) is 0 Å². The molecule has 96 valence electrons. The average Bonchev–Trinajstić information content (AvgIpc) is 2.72. The topological polar surface area (TPSA) is 34.2 Å². The van der Waals surface area contributed by atoms with Crippen LogP contribution in [0.2, 0.25) is 0 Å². The summed E-state index contributed by atoms with van der Waals surface area (Å²) in [6.07, 6.45) is 3.94. The Morgan fingerprint density at radius 2 is 2.24 bits per heavy atom. The SMILES string of the molecule is CC1(C)CC(NCCc2nccs2)C(C)(C)O1. The molecule has 0 bridgehead atoms. The fraction of sp³-hybridized carbons (Fsp3) is 0.769. The standard InChI is InChI=1S/C13H22N2OS/c1-12(2)9-10(13(3,4)16-12)14-6-5-11-15-7-8-17-11/h7-8,10,14H,5-6,9H2,1-4H3. The lowest BCUT2D eigenvalue weighted by molar-refractivity contribution is -0.0697. The largest absolute Gasteiger partial charge is 0.368 e. The van der Waals surface area contributed by atoms with Gasteiger partial charge in [0, 0.05) is 30.6 Å². The zero-order valence-corrected chi connectivity index (χ0v) is 11.9. The number of thiazole rings is 1. The molecule has 3 nitrogen and oxygen atoms in total. The van der Waals surface area contributed by atoms with Gasteiger partial charge in [0.25, 0.3) is 0 Å². The van der Waals surface area contributed by atoms with Gasteiger partial charge in [-0.3, -0.25) is 0 Å². The molecular formula is C13H22N2OS.